The van der Waals surface area contributed by atoms with Crippen LogP contribution in [0.3, 0.4) is 0 Å². The summed E-state index contributed by atoms with van der Waals surface area (Å²) >= 11 is 0. The lowest BCUT2D eigenvalue weighted by atomic mass is 10.00. The maximum absolute atomic E-state index is 5.92. The minimum absolute atomic E-state index is 0.0787. The summed E-state index contributed by atoms with van der Waals surface area (Å²) in [4.78, 5) is 4.81. The molecule has 3 aromatic carbocycles. The van der Waals surface area contributed by atoms with Crippen molar-refractivity contribution in [3.05, 3.63) is 96.1 Å². The summed E-state index contributed by atoms with van der Waals surface area (Å²) in [6.07, 6.45) is 0. The van der Waals surface area contributed by atoms with Crippen LogP contribution in [0.5, 0.6) is 0 Å². The van der Waals surface area contributed by atoms with Gasteiger partial charge in [-0.25, -0.2) is 4.99 Å². The number of hydrogen-bond acceptors (Lipinski definition) is 2. The van der Waals surface area contributed by atoms with Crippen LogP contribution in [0.25, 0.3) is 11.1 Å². The van der Waals surface area contributed by atoms with Gasteiger partial charge in [0, 0.05) is 5.56 Å². The fraction of sp³-hybridized carbons (Fsp3) is 0.0952. The number of benzene rings is 3. The van der Waals surface area contributed by atoms with Crippen LogP contribution in [0.1, 0.15) is 17.2 Å². The molecule has 0 aliphatic carbocycles. The maximum Gasteiger partial charge on any atom is 0.217 e. The van der Waals surface area contributed by atoms with Gasteiger partial charge < -0.3 is 4.74 Å². The fourth-order valence-corrected chi connectivity index (χ4v) is 2.91. The first-order valence-corrected chi connectivity index (χ1v) is 7.82. The Labute approximate surface area is 136 Å². The highest BCUT2D eigenvalue weighted by atomic mass is 16.5. The van der Waals surface area contributed by atoms with Crippen molar-refractivity contribution in [1.29, 1.82) is 0 Å². The molecule has 4 rings (SSSR count). The van der Waals surface area contributed by atoms with Crippen molar-refractivity contribution in [3.63, 3.8) is 0 Å². The molecular weight excluding hydrogens is 282 g/mol. The van der Waals surface area contributed by atoms with Crippen LogP contribution >= 0.6 is 0 Å². The average Bonchev–Trinajstić information content (AvgIpc) is 3.13. The highest BCUT2D eigenvalue weighted by Gasteiger charge is 2.23. The molecule has 0 amide bonds. The molecule has 2 nitrogen and oxygen atoms in total. The third kappa shape index (κ3) is 2.76. The van der Waals surface area contributed by atoms with Crippen LogP contribution in [0.2, 0.25) is 0 Å². The average molecular weight is 299 g/mol. The van der Waals surface area contributed by atoms with E-state index in [4.69, 9.17) is 9.73 Å². The Morgan fingerprint density at radius 3 is 2.04 bits per heavy atom. The van der Waals surface area contributed by atoms with Gasteiger partial charge in [0.05, 0.1) is 0 Å². The molecule has 0 fully saturated rings. The molecule has 0 saturated carbocycles. The number of hydrogen-bond donors (Lipinski definition) is 0. The van der Waals surface area contributed by atoms with E-state index in [9.17, 15) is 0 Å². The van der Waals surface area contributed by atoms with Gasteiger partial charge in [-0.2, -0.15) is 0 Å². The zero-order chi connectivity index (χ0) is 15.5. The molecule has 0 unspecified atom stereocenters. The summed E-state index contributed by atoms with van der Waals surface area (Å²) in [6, 6.07) is 29.0. The van der Waals surface area contributed by atoms with Gasteiger partial charge >= 0.3 is 0 Å². The molecule has 3 aromatic rings. The number of rotatable bonds is 3. The van der Waals surface area contributed by atoms with E-state index < -0.39 is 0 Å². The molecular formula is C21H17NO. The molecule has 0 bridgehead atoms. The normalized spacial score (nSPS) is 16.7. The highest BCUT2D eigenvalue weighted by Crippen LogP contribution is 2.29. The molecule has 1 aliphatic heterocycles. The maximum atomic E-state index is 5.92. The Hall–Kier alpha value is -2.87. The monoisotopic (exact) mass is 299 g/mol. The summed E-state index contributed by atoms with van der Waals surface area (Å²) in [7, 11) is 0. The van der Waals surface area contributed by atoms with E-state index in [1.165, 1.54) is 11.1 Å². The second-order valence-corrected chi connectivity index (χ2v) is 5.58. The molecule has 0 N–H and O–H groups in total. The summed E-state index contributed by atoms with van der Waals surface area (Å²) in [5, 5.41) is 0. The summed E-state index contributed by atoms with van der Waals surface area (Å²) in [6.45, 7) is 0.600. The first-order chi connectivity index (χ1) is 11.4. The quantitative estimate of drug-likeness (QED) is 0.676. The zero-order valence-corrected chi connectivity index (χ0v) is 12.7. The lowest BCUT2D eigenvalue weighted by Crippen LogP contribution is -2.03. The van der Waals surface area contributed by atoms with Crippen LogP contribution in [0.15, 0.2) is 89.9 Å². The molecule has 2 heteroatoms. The van der Waals surface area contributed by atoms with Gasteiger partial charge in [0.15, 0.2) is 0 Å². The van der Waals surface area contributed by atoms with Gasteiger partial charge in [-0.15, -0.1) is 0 Å². The predicted molar refractivity (Wildman–Crippen MR) is 93.6 cm³/mol. The molecule has 0 spiro atoms. The summed E-state index contributed by atoms with van der Waals surface area (Å²) in [5.74, 6) is 0.735. The predicted octanol–water partition coefficient (Wildman–Crippen LogP) is 4.87. The van der Waals surface area contributed by atoms with Crippen molar-refractivity contribution in [2.24, 2.45) is 4.99 Å². The van der Waals surface area contributed by atoms with E-state index in [1.54, 1.807) is 0 Å². The van der Waals surface area contributed by atoms with E-state index in [0.29, 0.717) is 6.61 Å². The van der Waals surface area contributed by atoms with Crippen molar-refractivity contribution in [2.45, 2.75) is 6.04 Å². The Bertz CT molecular complexity index is 825. The highest BCUT2D eigenvalue weighted by molar-refractivity contribution is 6.01. The molecule has 1 atom stereocenters. The van der Waals surface area contributed by atoms with Crippen LogP contribution in [0.4, 0.5) is 0 Å². The van der Waals surface area contributed by atoms with Crippen molar-refractivity contribution < 1.29 is 4.74 Å². The van der Waals surface area contributed by atoms with Crippen molar-refractivity contribution in [1.82, 2.24) is 0 Å². The first kappa shape index (κ1) is 13.8. The van der Waals surface area contributed by atoms with Crippen LogP contribution < -0.4 is 0 Å². The van der Waals surface area contributed by atoms with E-state index in [0.717, 1.165) is 17.0 Å². The SMILES string of the molecule is c1ccc(-c2ccccc2C2=N[C@@H](c3ccccc3)CO2)cc1. The molecule has 1 aliphatic rings. The molecule has 1 heterocycles. The number of aliphatic imine (C=N–C) groups is 1. The number of nitrogens with zero attached hydrogens (tertiary/aromatic N) is 1. The fourth-order valence-electron chi connectivity index (χ4n) is 2.91. The Kier molecular flexibility index (Phi) is 3.65. The second kappa shape index (κ2) is 6.09. The van der Waals surface area contributed by atoms with Crippen molar-refractivity contribution in [2.75, 3.05) is 6.61 Å². The Morgan fingerprint density at radius 2 is 1.30 bits per heavy atom. The Morgan fingerprint density at radius 1 is 0.696 bits per heavy atom. The zero-order valence-electron chi connectivity index (χ0n) is 12.7. The molecule has 0 radical (unpaired) electrons. The minimum Gasteiger partial charge on any atom is -0.475 e. The lowest BCUT2D eigenvalue weighted by molar-refractivity contribution is 0.320. The van der Waals surface area contributed by atoms with Crippen molar-refractivity contribution in [3.8, 4) is 11.1 Å². The van der Waals surface area contributed by atoms with Crippen LogP contribution in [-0.2, 0) is 4.74 Å². The van der Waals surface area contributed by atoms with Crippen LogP contribution in [-0.4, -0.2) is 12.5 Å². The molecule has 0 aromatic heterocycles. The molecule has 0 saturated heterocycles. The summed E-state index contributed by atoms with van der Waals surface area (Å²) < 4.78 is 5.92. The summed E-state index contributed by atoms with van der Waals surface area (Å²) in [5.41, 5.74) is 4.58. The van der Waals surface area contributed by atoms with Gasteiger partial charge in [-0.3, -0.25) is 0 Å². The minimum atomic E-state index is 0.0787. The first-order valence-electron chi connectivity index (χ1n) is 7.82. The van der Waals surface area contributed by atoms with E-state index in [-0.39, 0.29) is 6.04 Å². The molecule has 112 valence electrons. The van der Waals surface area contributed by atoms with Gasteiger partial charge in [0.25, 0.3) is 0 Å². The van der Waals surface area contributed by atoms with Gasteiger partial charge in [0.2, 0.25) is 5.90 Å². The van der Waals surface area contributed by atoms with Gasteiger partial charge in [0.1, 0.15) is 12.6 Å². The smallest absolute Gasteiger partial charge is 0.217 e. The number of ether oxygens (including phenoxy) is 1. The van der Waals surface area contributed by atoms with E-state index >= 15 is 0 Å². The van der Waals surface area contributed by atoms with E-state index in [2.05, 4.69) is 54.6 Å². The van der Waals surface area contributed by atoms with Gasteiger partial charge in [-0.05, 0) is 22.8 Å². The largest absolute Gasteiger partial charge is 0.475 e. The standard InChI is InChI=1S/C21H17NO/c1-3-9-16(10-4-1)18-13-7-8-14-19(18)21-22-20(15-23-21)17-11-5-2-6-12-17/h1-14,20H,15H2/t20-/m1/s1. The third-order valence-electron chi connectivity index (χ3n) is 4.08. The van der Waals surface area contributed by atoms with Gasteiger partial charge in [-0.1, -0.05) is 78.9 Å². The van der Waals surface area contributed by atoms with Crippen molar-refractivity contribution >= 4 is 5.90 Å². The van der Waals surface area contributed by atoms with Crippen LogP contribution in [0, 0.1) is 0 Å². The molecule has 23 heavy (non-hydrogen) atoms. The third-order valence-corrected chi connectivity index (χ3v) is 4.08. The topological polar surface area (TPSA) is 21.6 Å². The lowest BCUT2D eigenvalue weighted by Gasteiger charge is -2.09. The second-order valence-electron chi connectivity index (χ2n) is 5.58. The van der Waals surface area contributed by atoms with E-state index in [1.807, 2.05) is 30.3 Å². The Balaban J connectivity index is 1.72.